The van der Waals surface area contributed by atoms with Gasteiger partial charge in [-0.3, -0.25) is 4.90 Å². The Bertz CT molecular complexity index is 1200. The third kappa shape index (κ3) is 3.79. The monoisotopic (exact) mass is 419 g/mol. The van der Waals surface area contributed by atoms with Crippen molar-refractivity contribution >= 4 is 16.6 Å². The summed E-state index contributed by atoms with van der Waals surface area (Å²) < 4.78 is 12.8. The molecular formula is C24H29N5O2. The number of fused-ring (bicyclic) bond motifs is 2. The van der Waals surface area contributed by atoms with Gasteiger partial charge in [0.25, 0.3) is 0 Å². The SMILES string of the molecule is COc1cc(-c2[nH]c3ccc(CCN4CCOCC4)cc3c2C(C)C)cn2ncnc12. The van der Waals surface area contributed by atoms with Crippen LogP contribution in [0.15, 0.2) is 36.8 Å². The van der Waals surface area contributed by atoms with Gasteiger partial charge in [-0.25, -0.2) is 9.50 Å². The highest BCUT2D eigenvalue weighted by Gasteiger charge is 2.19. The Morgan fingerprint density at radius 1 is 1.19 bits per heavy atom. The Labute approximate surface area is 182 Å². The average Bonchev–Trinajstić information content (AvgIpc) is 3.42. The van der Waals surface area contributed by atoms with Crippen LogP contribution in [-0.4, -0.2) is 64.4 Å². The lowest BCUT2D eigenvalue weighted by molar-refractivity contribution is 0.0384. The number of pyridine rings is 1. The minimum absolute atomic E-state index is 0.371. The maximum atomic E-state index is 5.58. The van der Waals surface area contributed by atoms with Crippen molar-refractivity contribution < 1.29 is 9.47 Å². The van der Waals surface area contributed by atoms with E-state index in [1.807, 2.05) is 12.3 Å². The van der Waals surface area contributed by atoms with E-state index in [2.05, 4.69) is 52.0 Å². The summed E-state index contributed by atoms with van der Waals surface area (Å²) in [7, 11) is 1.67. The highest BCUT2D eigenvalue weighted by atomic mass is 16.5. The summed E-state index contributed by atoms with van der Waals surface area (Å²) in [5, 5.41) is 5.62. The topological polar surface area (TPSA) is 67.7 Å². The number of ether oxygens (including phenoxy) is 2. The van der Waals surface area contributed by atoms with Crippen LogP contribution in [0.25, 0.3) is 27.8 Å². The third-order valence-corrected chi connectivity index (χ3v) is 6.15. The van der Waals surface area contributed by atoms with Crippen molar-refractivity contribution in [3.63, 3.8) is 0 Å². The highest BCUT2D eigenvalue weighted by molar-refractivity contribution is 5.92. The van der Waals surface area contributed by atoms with Gasteiger partial charge in [-0.2, -0.15) is 5.10 Å². The number of nitrogens with zero attached hydrogens (tertiary/aromatic N) is 4. The predicted octanol–water partition coefficient (Wildman–Crippen LogP) is 3.88. The Hall–Kier alpha value is -2.90. The van der Waals surface area contributed by atoms with Crippen molar-refractivity contribution in [2.75, 3.05) is 40.0 Å². The van der Waals surface area contributed by atoms with Gasteiger partial charge < -0.3 is 14.5 Å². The van der Waals surface area contributed by atoms with Gasteiger partial charge in [0.05, 0.1) is 26.0 Å². The lowest BCUT2D eigenvalue weighted by Gasteiger charge is -2.26. The van der Waals surface area contributed by atoms with Gasteiger partial charge in [-0.05, 0) is 41.7 Å². The van der Waals surface area contributed by atoms with Crippen LogP contribution < -0.4 is 4.74 Å². The van der Waals surface area contributed by atoms with Crippen LogP contribution in [0.4, 0.5) is 0 Å². The van der Waals surface area contributed by atoms with Crippen LogP contribution in [0.2, 0.25) is 0 Å². The van der Waals surface area contributed by atoms with Gasteiger partial charge in [-0.15, -0.1) is 0 Å². The summed E-state index contributed by atoms with van der Waals surface area (Å²) >= 11 is 0. The maximum Gasteiger partial charge on any atom is 0.197 e. The Kier molecular flexibility index (Phi) is 5.38. The predicted molar refractivity (Wildman–Crippen MR) is 122 cm³/mol. The first kappa shape index (κ1) is 20.0. The fraction of sp³-hybridized carbons (Fsp3) is 0.417. The molecule has 4 aromatic rings. The Balaban J connectivity index is 1.53. The molecule has 162 valence electrons. The van der Waals surface area contributed by atoms with Gasteiger partial charge >= 0.3 is 0 Å². The average molecular weight is 420 g/mol. The molecule has 1 N–H and O–H groups in total. The third-order valence-electron chi connectivity index (χ3n) is 6.15. The maximum absolute atomic E-state index is 5.58. The summed E-state index contributed by atoms with van der Waals surface area (Å²) in [5.74, 6) is 1.09. The molecule has 1 aromatic carbocycles. The lowest BCUT2D eigenvalue weighted by atomic mass is 9.95. The van der Waals surface area contributed by atoms with Gasteiger partial charge in [0.2, 0.25) is 0 Å². The van der Waals surface area contributed by atoms with Crippen molar-refractivity contribution in [1.82, 2.24) is 24.5 Å². The molecule has 3 aromatic heterocycles. The molecule has 0 aliphatic carbocycles. The molecule has 0 atom stereocenters. The van der Waals surface area contributed by atoms with E-state index in [1.165, 1.54) is 16.5 Å². The molecule has 1 fully saturated rings. The number of benzene rings is 1. The molecule has 1 aliphatic heterocycles. The minimum atomic E-state index is 0.371. The van der Waals surface area contributed by atoms with E-state index in [-0.39, 0.29) is 0 Å². The van der Waals surface area contributed by atoms with E-state index in [9.17, 15) is 0 Å². The van der Waals surface area contributed by atoms with Crippen molar-refractivity contribution in [3.8, 4) is 17.0 Å². The van der Waals surface area contributed by atoms with Gasteiger partial charge in [0.15, 0.2) is 11.4 Å². The summed E-state index contributed by atoms with van der Waals surface area (Å²) in [6, 6.07) is 8.86. The molecule has 31 heavy (non-hydrogen) atoms. The number of morpholine rings is 1. The van der Waals surface area contributed by atoms with Gasteiger partial charge in [0, 0.05) is 42.3 Å². The van der Waals surface area contributed by atoms with Crippen LogP contribution in [0.1, 0.15) is 30.9 Å². The first-order valence-corrected chi connectivity index (χ1v) is 11.0. The van der Waals surface area contributed by atoms with E-state index in [0.717, 1.165) is 67.4 Å². The number of aromatic amines is 1. The second-order valence-corrected chi connectivity index (χ2v) is 8.48. The number of hydrogen-bond donors (Lipinski definition) is 1. The molecule has 0 bridgehead atoms. The van der Waals surface area contributed by atoms with Crippen LogP contribution in [0.3, 0.4) is 0 Å². The van der Waals surface area contributed by atoms with Crippen molar-refractivity contribution in [2.24, 2.45) is 0 Å². The molecule has 1 saturated heterocycles. The zero-order chi connectivity index (χ0) is 21.4. The van der Waals surface area contributed by atoms with Crippen LogP contribution in [0.5, 0.6) is 5.75 Å². The second-order valence-electron chi connectivity index (χ2n) is 8.48. The second kappa shape index (κ2) is 8.32. The zero-order valence-corrected chi connectivity index (χ0v) is 18.4. The van der Waals surface area contributed by atoms with E-state index >= 15 is 0 Å². The fourth-order valence-corrected chi connectivity index (χ4v) is 4.54. The standard InChI is InChI=1S/C24H29N5O2/c1-16(2)22-19-12-17(6-7-28-8-10-31-11-9-28)4-5-20(19)27-23(22)18-13-21(30-3)24-25-15-26-29(24)14-18/h4-5,12-16,27H,6-11H2,1-3H3. The number of methoxy groups -OCH3 is 1. The number of rotatable bonds is 6. The van der Waals surface area contributed by atoms with E-state index < -0.39 is 0 Å². The van der Waals surface area contributed by atoms with Crippen molar-refractivity contribution in [2.45, 2.75) is 26.2 Å². The number of hydrogen-bond acceptors (Lipinski definition) is 5. The summed E-state index contributed by atoms with van der Waals surface area (Å²) in [6.45, 7) is 9.31. The van der Waals surface area contributed by atoms with Crippen molar-refractivity contribution in [1.29, 1.82) is 0 Å². The summed E-state index contributed by atoms with van der Waals surface area (Å²) in [6.07, 6.45) is 4.62. The molecule has 7 nitrogen and oxygen atoms in total. The largest absolute Gasteiger partial charge is 0.493 e. The first-order valence-electron chi connectivity index (χ1n) is 11.0. The molecule has 0 unspecified atom stereocenters. The summed E-state index contributed by atoms with van der Waals surface area (Å²) in [4.78, 5) is 10.4. The summed E-state index contributed by atoms with van der Waals surface area (Å²) in [5.41, 5.74) is 6.74. The molecule has 4 heterocycles. The molecule has 0 spiro atoms. The van der Waals surface area contributed by atoms with E-state index in [4.69, 9.17) is 9.47 Å². The van der Waals surface area contributed by atoms with Crippen LogP contribution in [-0.2, 0) is 11.2 Å². The van der Waals surface area contributed by atoms with E-state index in [1.54, 1.807) is 18.0 Å². The first-order chi connectivity index (χ1) is 15.1. The molecule has 5 rings (SSSR count). The molecule has 0 radical (unpaired) electrons. The normalized spacial score (nSPS) is 15.4. The Morgan fingerprint density at radius 2 is 2.03 bits per heavy atom. The lowest BCUT2D eigenvalue weighted by Crippen LogP contribution is -2.37. The fourth-order valence-electron chi connectivity index (χ4n) is 4.54. The van der Waals surface area contributed by atoms with Gasteiger partial charge in [-0.1, -0.05) is 19.9 Å². The van der Waals surface area contributed by atoms with Gasteiger partial charge in [0.1, 0.15) is 6.33 Å². The molecule has 1 aliphatic rings. The minimum Gasteiger partial charge on any atom is -0.493 e. The van der Waals surface area contributed by atoms with Crippen molar-refractivity contribution in [3.05, 3.63) is 47.9 Å². The number of aromatic nitrogens is 4. The zero-order valence-electron chi connectivity index (χ0n) is 18.4. The van der Waals surface area contributed by atoms with Crippen LogP contribution in [0, 0.1) is 0 Å². The van der Waals surface area contributed by atoms with Crippen LogP contribution >= 0.6 is 0 Å². The Morgan fingerprint density at radius 3 is 2.81 bits per heavy atom. The quantitative estimate of drug-likeness (QED) is 0.514. The number of nitrogens with one attached hydrogen (secondary N) is 1. The molecule has 7 heteroatoms. The molecular weight excluding hydrogens is 390 g/mol. The van der Waals surface area contributed by atoms with E-state index in [0.29, 0.717) is 5.92 Å². The molecule has 0 saturated carbocycles. The smallest absolute Gasteiger partial charge is 0.197 e. The highest BCUT2D eigenvalue weighted by Crippen LogP contribution is 2.37. The molecule has 0 amide bonds. The number of H-pyrrole nitrogens is 1.